The van der Waals surface area contributed by atoms with Crippen LogP contribution in [0.4, 0.5) is 13.2 Å². The summed E-state index contributed by atoms with van der Waals surface area (Å²) >= 11 is 0. The molecule has 0 spiro atoms. The number of hydrogen-bond acceptors (Lipinski definition) is 1. The lowest BCUT2D eigenvalue weighted by atomic mass is 10.1. The Morgan fingerprint density at radius 1 is 1.55 bits per heavy atom. The highest BCUT2D eigenvalue weighted by atomic mass is 19.4. The van der Waals surface area contributed by atoms with Gasteiger partial charge in [-0.1, -0.05) is 6.92 Å². The zero-order chi connectivity index (χ0) is 9.07. The van der Waals surface area contributed by atoms with Crippen molar-refractivity contribution in [3.05, 3.63) is 0 Å². The molecule has 0 aromatic carbocycles. The highest BCUT2D eigenvalue weighted by molar-refractivity contribution is 5.73. The van der Waals surface area contributed by atoms with Crippen LogP contribution in [0, 0.1) is 5.92 Å². The Morgan fingerprint density at radius 3 is 2.27 bits per heavy atom. The Morgan fingerprint density at radius 2 is 2.00 bits per heavy atom. The maximum atomic E-state index is 11.7. The summed E-state index contributed by atoms with van der Waals surface area (Å²) in [6.45, 7) is 1.03. The molecule has 0 aliphatic carbocycles. The van der Waals surface area contributed by atoms with Crippen molar-refractivity contribution in [1.29, 1.82) is 0 Å². The molecule has 0 saturated carbocycles. The van der Waals surface area contributed by atoms with Crippen molar-refractivity contribution in [3.8, 4) is 0 Å². The van der Waals surface area contributed by atoms with E-state index >= 15 is 0 Å². The molecule has 0 rings (SSSR count). The van der Waals surface area contributed by atoms with Crippen LogP contribution in [-0.2, 0) is 4.79 Å². The molecule has 1 atom stereocenters. The van der Waals surface area contributed by atoms with E-state index in [4.69, 9.17) is 0 Å². The molecule has 66 valence electrons. The Labute approximate surface area is 62.6 Å². The number of carbonyl (C=O) groups excluding carboxylic acids is 1. The molecule has 0 bridgehead atoms. The smallest absolute Gasteiger partial charge is 0.370 e. The molecule has 1 amide bonds. The van der Waals surface area contributed by atoms with Gasteiger partial charge >= 0.3 is 6.18 Å². The highest BCUT2D eigenvalue weighted by Crippen LogP contribution is 2.28. The molecule has 11 heavy (non-hydrogen) atoms. The summed E-state index contributed by atoms with van der Waals surface area (Å²) in [5.41, 5.74) is 4.68. The van der Waals surface area contributed by atoms with E-state index < -0.39 is 18.0 Å². The molecule has 5 heteroatoms. The normalized spacial score (nSPS) is 14.5. The summed E-state index contributed by atoms with van der Waals surface area (Å²) in [6, 6.07) is 0. The molecule has 0 aromatic rings. The van der Waals surface area contributed by atoms with E-state index in [0.29, 0.717) is 0 Å². The lowest BCUT2D eigenvalue weighted by Gasteiger charge is -2.13. The molecule has 0 aromatic heterocycles. The molecule has 0 aliphatic heterocycles. The summed E-state index contributed by atoms with van der Waals surface area (Å²) in [7, 11) is 0. The van der Waals surface area contributed by atoms with Crippen LogP contribution in [0.25, 0.3) is 0 Å². The number of alkyl halides is 3. The average molecular weight is 169 g/mol. The maximum Gasteiger partial charge on any atom is 0.391 e. The van der Waals surface area contributed by atoms with E-state index in [1.54, 1.807) is 0 Å². The van der Waals surface area contributed by atoms with E-state index in [2.05, 4.69) is 5.73 Å². The van der Waals surface area contributed by atoms with Crippen molar-refractivity contribution in [3.63, 3.8) is 0 Å². The van der Waals surface area contributed by atoms with Gasteiger partial charge in [0.05, 0.1) is 5.92 Å². The largest absolute Gasteiger partial charge is 0.391 e. The van der Waals surface area contributed by atoms with Crippen LogP contribution >= 0.6 is 0 Å². The number of primary amides is 1. The SMILES string of the molecule is CC(CCC(N)=O)C(F)(F)F. The fraction of sp³-hybridized carbons (Fsp3) is 0.833. The number of hydrogen-bond donors (Lipinski definition) is 1. The second kappa shape index (κ2) is 3.59. The second-order valence-corrected chi connectivity index (χ2v) is 2.45. The minimum absolute atomic E-state index is 0.208. The summed E-state index contributed by atoms with van der Waals surface area (Å²) in [5, 5.41) is 0. The zero-order valence-electron chi connectivity index (χ0n) is 6.11. The van der Waals surface area contributed by atoms with Crippen LogP contribution in [0.15, 0.2) is 0 Å². The third-order valence-corrected chi connectivity index (χ3v) is 1.38. The Bertz CT molecular complexity index is 143. The van der Waals surface area contributed by atoms with Gasteiger partial charge < -0.3 is 5.73 Å². The summed E-state index contributed by atoms with van der Waals surface area (Å²) in [4.78, 5) is 10.1. The monoisotopic (exact) mass is 169 g/mol. The Balaban J connectivity index is 3.70. The number of halogens is 3. The zero-order valence-corrected chi connectivity index (χ0v) is 6.11. The summed E-state index contributed by atoms with van der Waals surface area (Å²) < 4.78 is 35.2. The van der Waals surface area contributed by atoms with E-state index in [9.17, 15) is 18.0 Å². The van der Waals surface area contributed by atoms with Gasteiger partial charge in [-0.25, -0.2) is 0 Å². The quantitative estimate of drug-likeness (QED) is 0.682. The molecular formula is C6H10F3NO. The topological polar surface area (TPSA) is 43.1 Å². The van der Waals surface area contributed by atoms with Gasteiger partial charge in [0.15, 0.2) is 0 Å². The first-order valence-corrected chi connectivity index (χ1v) is 3.19. The molecule has 2 N–H and O–H groups in total. The van der Waals surface area contributed by atoms with Crippen molar-refractivity contribution in [1.82, 2.24) is 0 Å². The second-order valence-electron chi connectivity index (χ2n) is 2.45. The van der Waals surface area contributed by atoms with Gasteiger partial charge in [-0.15, -0.1) is 0 Å². The van der Waals surface area contributed by atoms with Crippen molar-refractivity contribution in [2.24, 2.45) is 11.7 Å². The highest BCUT2D eigenvalue weighted by Gasteiger charge is 2.35. The third kappa shape index (κ3) is 4.64. The number of carbonyl (C=O) groups is 1. The van der Waals surface area contributed by atoms with Crippen molar-refractivity contribution in [2.75, 3.05) is 0 Å². The van der Waals surface area contributed by atoms with Crippen LogP contribution in [-0.4, -0.2) is 12.1 Å². The molecule has 0 aliphatic rings. The molecule has 0 fully saturated rings. The van der Waals surface area contributed by atoms with Crippen molar-refractivity contribution in [2.45, 2.75) is 25.9 Å². The van der Waals surface area contributed by atoms with Crippen LogP contribution in [0.3, 0.4) is 0 Å². The molecule has 0 heterocycles. The lowest BCUT2D eigenvalue weighted by Crippen LogP contribution is -2.22. The molecular weight excluding hydrogens is 159 g/mol. The first kappa shape index (κ1) is 10.3. The van der Waals surface area contributed by atoms with E-state index in [0.717, 1.165) is 6.92 Å². The van der Waals surface area contributed by atoms with Gasteiger partial charge in [0.25, 0.3) is 0 Å². The van der Waals surface area contributed by atoms with Crippen molar-refractivity contribution < 1.29 is 18.0 Å². The molecule has 1 unspecified atom stereocenters. The Hall–Kier alpha value is -0.740. The standard InChI is InChI=1S/C6H10F3NO/c1-4(6(7,8)9)2-3-5(10)11/h4H,2-3H2,1H3,(H2,10,11). The predicted molar refractivity (Wildman–Crippen MR) is 33.6 cm³/mol. The van der Waals surface area contributed by atoms with E-state index in [1.165, 1.54) is 0 Å². The minimum Gasteiger partial charge on any atom is -0.370 e. The molecule has 0 saturated heterocycles. The first-order valence-electron chi connectivity index (χ1n) is 3.19. The Kier molecular flexibility index (Phi) is 3.35. The minimum atomic E-state index is -4.21. The molecule has 0 radical (unpaired) electrons. The fourth-order valence-corrected chi connectivity index (χ4v) is 0.522. The number of rotatable bonds is 3. The average Bonchev–Trinajstić information content (AvgIpc) is 1.80. The maximum absolute atomic E-state index is 11.7. The predicted octanol–water partition coefficient (Wildman–Crippen LogP) is 1.45. The van der Waals surface area contributed by atoms with Crippen LogP contribution < -0.4 is 5.73 Å². The number of nitrogens with two attached hydrogens (primary N) is 1. The van der Waals surface area contributed by atoms with E-state index in [-0.39, 0.29) is 12.8 Å². The molecule has 2 nitrogen and oxygen atoms in total. The lowest BCUT2D eigenvalue weighted by molar-refractivity contribution is -0.171. The van der Waals surface area contributed by atoms with Crippen LogP contribution in [0.2, 0.25) is 0 Å². The first-order chi connectivity index (χ1) is 4.84. The fourth-order valence-electron chi connectivity index (χ4n) is 0.522. The third-order valence-electron chi connectivity index (χ3n) is 1.38. The number of amides is 1. The summed E-state index contributed by atoms with van der Waals surface area (Å²) in [5.74, 6) is -2.14. The summed E-state index contributed by atoms with van der Waals surface area (Å²) in [6.07, 6.45) is -4.64. The van der Waals surface area contributed by atoms with E-state index in [1.807, 2.05) is 0 Å². The van der Waals surface area contributed by atoms with Gasteiger partial charge in [0.2, 0.25) is 5.91 Å². The van der Waals surface area contributed by atoms with Crippen LogP contribution in [0.1, 0.15) is 19.8 Å². The van der Waals surface area contributed by atoms with Gasteiger partial charge in [-0.05, 0) is 6.42 Å². The van der Waals surface area contributed by atoms with Crippen LogP contribution in [0.5, 0.6) is 0 Å². The van der Waals surface area contributed by atoms with Gasteiger partial charge in [0, 0.05) is 6.42 Å². The van der Waals surface area contributed by atoms with Crippen molar-refractivity contribution >= 4 is 5.91 Å². The van der Waals surface area contributed by atoms with Gasteiger partial charge in [0.1, 0.15) is 0 Å². The van der Waals surface area contributed by atoms with Gasteiger partial charge in [-0.3, -0.25) is 4.79 Å². The van der Waals surface area contributed by atoms with Gasteiger partial charge in [-0.2, -0.15) is 13.2 Å².